The maximum atomic E-state index is 14.2. The average Bonchev–Trinajstić information content (AvgIpc) is 3.72. The molecule has 212 valence electrons. The largest absolute Gasteiger partial charge is 0.508 e. The van der Waals surface area contributed by atoms with Crippen LogP contribution < -0.4 is 0 Å². The van der Waals surface area contributed by atoms with E-state index in [1.54, 1.807) is 34.1 Å². The molecule has 1 unspecified atom stereocenters. The number of hydrogen-bond acceptors (Lipinski definition) is 7. The molecule has 0 spiro atoms. The van der Waals surface area contributed by atoms with Gasteiger partial charge in [0.2, 0.25) is 0 Å². The van der Waals surface area contributed by atoms with E-state index in [0.717, 1.165) is 48.7 Å². The number of fused-ring (bicyclic) bond motifs is 1. The number of carbonyl (C=O) groups is 2. The highest BCUT2D eigenvalue weighted by Gasteiger charge is 2.36. The van der Waals surface area contributed by atoms with Gasteiger partial charge in [0.1, 0.15) is 11.4 Å². The number of ether oxygens (including phenoxy) is 2. The van der Waals surface area contributed by atoms with Gasteiger partial charge in [-0.2, -0.15) is 5.10 Å². The molecule has 1 atom stereocenters. The van der Waals surface area contributed by atoms with Crippen molar-refractivity contribution in [2.75, 3.05) is 32.8 Å². The normalized spacial score (nSPS) is 20.1. The molecule has 4 heterocycles. The summed E-state index contributed by atoms with van der Waals surface area (Å²) in [6.45, 7) is 7.86. The van der Waals surface area contributed by atoms with E-state index in [0.29, 0.717) is 55.6 Å². The van der Waals surface area contributed by atoms with Crippen LogP contribution in [-0.2, 0) is 9.47 Å². The van der Waals surface area contributed by atoms with Gasteiger partial charge in [-0.05, 0) is 83.2 Å². The van der Waals surface area contributed by atoms with Crippen molar-refractivity contribution >= 4 is 23.0 Å². The zero-order chi connectivity index (χ0) is 28.0. The van der Waals surface area contributed by atoms with Crippen LogP contribution in [0.4, 0.5) is 4.79 Å². The molecule has 3 aliphatic rings. The van der Waals surface area contributed by atoms with Crippen molar-refractivity contribution in [2.45, 2.75) is 70.6 Å². The molecule has 1 N–H and O–H groups in total. The molecule has 3 fully saturated rings. The first-order chi connectivity index (χ1) is 19.2. The highest BCUT2D eigenvalue weighted by molar-refractivity contribution is 6.08. The molecule has 10 heteroatoms. The third-order valence-corrected chi connectivity index (χ3v) is 7.69. The SMILES string of the molecule is CC(C)(C)OC(=O)N1CCN(C(=O)c2cc(-c3ccc(O)cc3)nc3c2c(C2CC2)nn3C2CCCCO2)CC1. The minimum atomic E-state index is -0.571. The summed E-state index contributed by atoms with van der Waals surface area (Å²) < 4.78 is 13.5. The predicted molar refractivity (Wildman–Crippen MR) is 149 cm³/mol. The Morgan fingerprint density at radius 1 is 1.00 bits per heavy atom. The van der Waals surface area contributed by atoms with Gasteiger partial charge in [-0.25, -0.2) is 14.5 Å². The Balaban J connectivity index is 1.38. The molecule has 1 aromatic carbocycles. The highest BCUT2D eigenvalue weighted by Crippen LogP contribution is 2.45. The Hall–Kier alpha value is -3.66. The number of nitrogens with zero attached hydrogens (tertiary/aromatic N) is 5. The quantitative estimate of drug-likeness (QED) is 0.485. The Morgan fingerprint density at radius 3 is 2.33 bits per heavy atom. The summed E-state index contributed by atoms with van der Waals surface area (Å²) in [5.74, 6) is 0.382. The molecule has 0 radical (unpaired) electrons. The van der Waals surface area contributed by atoms with Crippen LogP contribution in [0, 0.1) is 0 Å². The Kier molecular flexibility index (Phi) is 6.90. The highest BCUT2D eigenvalue weighted by atomic mass is 16.6. The van der Waals surface area contributed by atoms with Gasteiger partial charge >= 0.3 is 6.09 Å². The lowest BCUT2D eigenvalue weighted by Crippen LogP contribution is -2.51. The molecule has 2 aromatic heterocycles. The average molecular weight is 548 g/mol. The minimum absolute atomic E-state index is 0.0951. The van der Waals surface area contributed by atoms with Crippen molar-refractivity contribution < 1.29 is 24.2 Å². The van der Waals surface area contributed by atoms with Gasteiger partial charge in [-0.1, -0.05) is 0 Å². The molecular weight excluding hydrogens is 510 g/mol. The molecule has 2 aliphatic heterocycles. The van der Waals surface area contributed by atoms with Crippen LogP contribution in [0.5, 0.6) is 5.75 Å². The second kappa shape index (κ2) is 10.4. The molecule has 0 bridgehead atoms. The fraction of sp³-hybridized carbons (Fsp3) is 0.533. The second-order valence-electron chi connectivity index (χ2n) is 12.0. The Bertz CT molecular complexity index is 1410. The van der Waals surface area contributed by atoms with Crippen LogP contribution in [0.25, 0.3) is 22.3 Å². The van der Waals surface area contributed by atoms with Crippen LogP contribution in [0.2, 0.25) is 0 Å². The summed E-state index contributed by atoms with van der Waals surface area (Å²) in [4.78, 5) is 35.3. The van der Waals surface area contributed by atoms with Crippen molar-refractivity contribution in [3.8, 4) is 17.0 Å². The topological polar surface area (TPSA) is 110 Å². The number of rotatable bonds is 4. The number of carbonyl (C=O) groups excluding carboxylic acids is 2. The number of aromatic nitrogens is 3. The van der Waals surface area contributed by atoms with Crippen molar-refractivity contribution in [2.24, 2.45) is 0 Å². The van der Waals surface area contributed by atoms with E-state index in [1.165, 1.54) is 0 Å². The summed E-state index contributed by atoms with van der Waals surface area (Å²) in [5.41, 5.74) is 3.03. The zero-order valence-corrected chi connectivity index (χ0v) is 23.4. The smallest absolute Gasteiger partial charge is 0.410 e. The lowest BCUT2D eigenvalue weighted by Gasteiger charge is -2.35. The third kappa shape index (κ3) is 5.37. The number of benzene rings is 1. The summed E-state index contributed by atoms with van der Waals surface area (Å²) in [7, 11) is 0. The molecule has 10 nitrogen and oxygen atoms in total. The first kappa shape index (κ1) is 26.6. The fourth-order valence-corrected chi connectivity index (χ4v) is 5.46. The second-order valence-corrected chi connectivity index (χ2v) is 12.0. The van der Waals surface area contributed by atoms with Gasteiger partial charge in [0, 0.05) is 44.3 Å². The van der Waals surface area contributed by atoms with Crippen LogP contribution in [0.15, 0.2) is 30.3 Å². The Labute approximate surface area is 233 Å². The molecule has 2 amide bonds. The number of phenolic OH excluding ortho intramolecular Hbond substituents is 1. The lowest BCUT2D eigenvalue weighted by atomic mass is 10.0. The molecular formula is C30H37N5O5. The molecule has 2 saturated heterocycles. The van der Waals surface area contributed by atoms with Gasteiger partial charge in [0.25, 0.3) is 5.91 Å². The van der Waals surface area contributed by atoms with Gasteiger partial charge in [0.15, 0.2) is 11.9 Å². The van der Waals surface area contributed by atoms with E-state index in [1.807, 2.05) is 31.5 Å². The molecule has 40 heavy (non-hydrogen) atoms. The van der Waals surface area contributed by atoms with Crippen LogP contribution in [0.1, 0.15) is 81.1 Å². The number of phenols is 1. The molecule has 3 aromatic rings. The standard InChI is InChI=1S/C30H37N5O5/c1-30(2,3)40-29(38)34-15-13-33(14-16-34)28(37)22-18-23(19-9-11-21(36)12-10-19)31-27-25(22)26(20-7-8-20)32-35(27)24-6-4-5-17-39-24/h9-12,18,20,24,36H,4-8,13-17H2,1-3H3. The minimum Gasteiger partial charge on any atom is -0.508 e. The maximum Gasteiger partial charge on any atom is 0.410 e. The van der Waals surface area contributed by atoms with Crippen LogP contribution >= 0.6 is 0 Å². The summed E-state index contributed by atoms with van der Waals surface area (Å²) >= 11 is 0. The number of piperazine rings is 1. The van der Waals surface area contributed by atoms with Gasteiger partial charge in [-0.3, -0.25) is 4.79 Å². The fourth-order valence-electron chi connectivity index (χ4n) is 5.46. The van der Waals surface area contributed by atoms with Crippen molar-refractivity contribution in [3.63, 3.8) is 0 Å². The molecule has 1 saturated carbocycles. The summed E-state index contributed by atoms with van der Waals surface area (Å²) in [6, 6.07) is 8.70. The number of amides is 2. The Morgan fingerprint density at radius 2 is 1.70 bits per heavy atom. The van der Waals surface area contributed by atoms with Crippen molar-refractivity contribution in [1.82, 2.24) is 24.6 Å². The monoisotopic (exact) mass is 547 g/mol. The number of aromatic hydroxyl groups is 1. The van der Waals surface area contributed by atoms with E-state index in [4.69, 9.17) is 19.6 Å². The van der Waals surface area contributed by atoms with E-state index in [-0.39, 0.29) is 24.0 Å². The summed E-state index contributed by atoms with van der Waals surface area (Å²) in [6.07, 6.45) is 4.44. The van der Waals surface area contributed by atoms with E-state index in [9.17, 15) is 14.7 Å². The van der Waals surface area contributed by atoms with Gasteiger partial charge in [-0.15, -0.1) is 0 Å². The van der Waals surface area contributed by atoms with E-state index in [2.05, 4.69) is 0 Å². The lowest BCUT2D eigenvalue weighted by molar-refractivity contribution is -0.0372. The first-order valence-corrected chi connectivity index (χ1v) is 14.3. The van der Waals surface area contributed by atoms with Crippen LogP contribution in [0.3, 0.4) is 0 Å². The van der Waals surface area contributed by atoms with E-state index >= 15 is 0 Å². The third-order valence-electron chi connectivity index (χ3n) is 7.69. The molecule has 6 rings (SSSR count). The van der Waals surface area contributed by atoms with Gasteiger partial charge < -0.3 is 24.4 Å². The van der Waals surface area contributed by atoms with Crippen LogP contribution in [-0.4, -0.2) is 80.1 Å². The van der Waals surface area contributed by atoms with Gasteiger partial charge in [0.05, 0.1) is 22.3 Å². The first-order valence-electron chi connectivity index (χ1n) is 14.3. The van der Waals surface area contributed by atoms with Crippen molar-refractivity contribution in [1.29, 1.82) is 0 Å². The molecule has 1 aliphatic carbocycles. The predicted octanol–water partition coefficient (Wildman–Crippen LogP) is 5.07. The number of hydrogen-bond donors (Lipinski definition) is 1. The summed E-state index contributed by atoms with van der Waals surface area (Å²) in [5, 5.41) is 15.7. The van der Waals surface area contributed by atoms with Crippen molar-refractivity contribution in [3.05, 3.63) is 41.6 Å². The maximum absolute atomic E-state index is 14.2. The number of pyridine rings is 1. The zero-order valence-electron chi connectivity index (χ0n) is 23.4. The van der Waals surface area contributed by atoms with E-state index < -0.39 is 5.60 Å².